The van der Waals surface area contributed by atoms with E-state index in [2.05, 4.69) is 9.97 Å². The van der Waals surface area contributed by atoms with Gasteiger partial charge in [0.05, 0.1) is 0 Å². The topological polar surface area (TPSA) is 63.1 Å². The molecule has 0 aliphatic carbocycles. The third-order valence-corrected chi connectivity index (χ3v) is 4.45. The summed E-state index contributed by atoms with van der Waals surface area (Å²) in [4.78, 5) is 20.2. The van der Waals surface area contributed by atoms with Crippen molar-refractivity contribution in [2.24, 2.45) is 0 Å². The number of carboxylic acids is 1. The molecule has 7 heteroatoms. The Morgan fingerprint density at radius 3 is 2.76 bits per heavy atom. The van der Waals surface area contributed by atoms with Crippen LogP contribution in [0.25, 0.3) is 0 Å². The molecule has 2 rings (SSSR count). The van der Waals surface area contributed by atoms with Gasteiger partial charge in [-0.1, -0.05) is 11.8 Å². The predicted octanol–water partition coefficient (Wildman–Crippen LogP) is 3.11. The summed E-state index contributed by atoms with van der Waals surface area (Å²) in [5.41, 5.74) is 0. The Kier molecular flexibility index (Phi) is 4.03. The van der Waals surface area contributed by atoms with Crippen LogP contribution >= 0.6 is 34.9 Å². The molecule has 1 N–H and O–H groups in total. The molecular weight excluding hydrogens is 276 g/mol. The van der Waals surface area contributed by atoms with E-state index in [-0.39, 0.29) is 0 Å². The minimum absolute atomic E-state index is 0.339. The SMILES string of the molecule is CSc1cc(Sc2csc(C(=O)O)c2)ncn1. The molecule has 2 aromatic rings. The van der Waals surface area contributed by atoms with Gasteiger partial charge in [-0.2, -0.15) is 0 Å². The van der Waals surface area contributed by atoms with E-state index >= 15 is 0 Å². The lowest BCUT2D eigenvalue weighted by molar-refractivity contribution is 0.0702. The molecule has 0 saturated heterocycles. The van der Waals surface area contributed by atoms with Gasteiger partial charge < -0.3 is 5.11 Å². The summed E-state index contributed by atoms with van der Waals surface area (Å²) in [6, 6.07) is 3.53. The van der Waals surface area contributed by atoms with Crippen LogP contribution in [-0.4, -0.2) is 27.3 Å². The number of carbonyl (C=O) groups is 1. The van der Waals surface area contributed by atoms with Crippen LogP contribution in [0.1, 0.15) is 9.67 Å². The molecule has 0 spiro atoms. The Morgan fingerprint density at radius 1 is 1.35 bits per heavy atom. The zero-order valence-electron chi connectivity index (χ0n) is 8.78. The number of aromatic carboxylic acids is 1. The molecule has 88 valence electrons. The molecule has 0 aliphatic heterocycles. The predicted molar refractivity (Wildman–Crippen MR) is 69.2 cm³/mol. The molecule has 4 nitrogen and oxygen atoms in total. The van der Waals surface area contributed by atoms with Crippen molar-refractivity contribution in [2.45, 2.75) is 14.9 Å². The average Bonchev–Trinajstić information content (AvgIpc) is 2.78. The van der Waals surface area contributed by atoms with E-state index in [4.69, 9.17) is 5.11 Å². The van der Waals surface area contributed by atoms with Gasteiger partial charge in [0.25, 0.3) is 0 Å². The molecule has 0 fully saturated rings. The molecule has 0 atom stereocenters. The highest BCUT2D eigenvalue weighted by Gasteiger charge is 2.08. The molecular formula is C10H8N2O2S3. The van der Waals surface area contributed by atoms with Crippen LogP contribution in [0.3, 0.4) is 0 Å². The van der Waals surface area contributed by atoms with Gasteiger partial charge in [-0.25, -0.2) is 14.8 Å². The van der Waals surface area contributed by atoms with Crippen molar-refractivity contribution >= 4 is 40.8 Å². The molecule has 17 heavy (non-hydrogen) atoms. The Balaban J connectivity index is 2.16. The van der Waals surface area contributed by atoms with E-state index in [1.54, 1.807) is 17.8 Å². The number of thioether (sulfide) groups is 1. The van der Waals surface area contributed by atoms with E-state index in [0.717, 1.165) is 14.9 Å². The molecule has 0 aliphatic rings. The summed E-state index contributed by atoms with van der Waals surface area (Å²) >= 11 is 4.20. The number of rotatable bonds is 4. The lowest BCUT2D eigenvalue weighted by Crippen LogP contribution is -1.89. The smallest absolute Gasteiger partial charge is 0.345 e. The quantitative estimate of drug-likeness (QED) is 0.687. The second kappa shape index (κ2) is 5.52. The monoisotopic (exact) mass is 284 g/mol. The standard InChI is InChI=1S/C10H8N2O2S3/c1-15-8-3-9(12-5-11-8)17-6-2-7(10(13)14)16-4-6/h2-5H,1H3,(H,13,14). The first-order valence-electron chi connectivity index (χ1n) is 4.55. The second-order valence-electron chi connectivity index (χ2n) is 2.95. The van der Waals surface area contributed by atoms with Crippen molar-refractivity contribution in [1.82, 2.24) is 9.97 Å². The third-order valence-electron chi connectivity index (χ3n) is 1.83. The van der Waals surface area contributed by atoms with Crippen LogP contribution < -0.4 is 0 Å². The average molecular weight is 284 g/mol. The Bertz CT molecular complexity index is 542. The third kappa shape index (κ3) is 3.21. The Hall–Kier alpha value is -1.05. The van der Waals surface area contributed by atoms with Crippen molar-refractivity contribution in [3.63, 3.8) is 0 Å². The summed E-state index contributed by atoms with van der Waals surface area (Å²) < 4.78 is 0. The first kappa shape index (κ1) is 12.4. The number of aromatic nitrogens is 2. The molecule has 2 heterocycles. The highest BCUT2D eigenvalue weighted by molar-refractivity contribution is 7.99. The van der Waals surface area contributed by atoms with E-state index in [9.17, 15) is 4.79 Å². The minimum atomic E-state index is -0.894. The molecule has 0 saturated carbocycles. The van der Waals surface area contributed by atoms with Crippen molar-refractivity contribution in [1.29, 1.82) is 0 Å². The van der Waals surface area contributed by atoms with Crippen LogP contribution in [0, 0.1) is 0 Å². The fraction of sp³-hybridized carbons (Fsp3) is 0.100. The van der Waals surface area contributed by atoms with E-state index in [1.165, 1.54) is 29.4 Å². The van der Waals surface area contributed by atoms with E-state index < -0.39 is 5.97 Å². The molecule has 0 unspecified atom stereocenters. The van der Waals surface area contributed by atoms with Crippen LogP contribution in [0.2, 0.25) is 0 Å². The van der Waals surface area contributed by atoms with Crippen LogP contribution in [-0.2, 0) is 0 Å². The van der Waals surface area contributed by atoms with Crippen molar-refractivity contribution in [2.75, 3.05) is 6.26 Å². The highest BCUT2D eigenvalue weighted by atomic mass is 32.2. The fourth-order valence-corrected chi connectivity index (χ4v) is 3.26. The first-order valence-corrected chi connectivity index (χ1v) is 7.47. The Morgan fingerprint density at radius 2 is 2.12 bits per heavy atom. The van der Waals surface area contributed by atoms with Gasteiger partial charge in [-0.15, -0.1) is 23.1 Å². The maximum Gasteiger partial charge on any atom is 0.345 e. The zero-order valence-corrected chi connectivity index (χ0v) is 11.2. The maximum absolute atomic E-state index is 10.7. The number of nitrogens with zero attached hydrogens (tertiary/aromatic N) is 2. The van der Waals surface area contributed by atoms with Crippen molar-refractivity contribution in [3.05, 3.63) is 28.7 Å². The van der Waals surface area contributed by atoms with Gasteiger partial charge in [0.15, 0.2) is 0 Å². The summed E-state index contributed by atoms with van der Waals surface area (Å²) in [6.07, 6.45) is 3.46. The van der Waals surface area contributed by atoms with Gasteiger partial charge in [0.1, 0.15) is 21.3 Å². The number of hydrogen-bond acceptors (Lipinski definition) is 6. The fourth-order valence-electron chi connectivity index (χ4n) is 1.10. The summed E-state index contributed by atoms with van der Waals surface area (Å²) in [5.74, 6) is -0.894. The Labute approximate surface area is 111 Å². The highest BCUT2D eigenvalue weighted by Crippen LogP contribution is 2.31. The van der Waals surface area contributed by atoms with Gasteiger partial charge in [0.2, 0.25) is 0 Å². The molecule has 2 aromatic heterocycles. The normalized spacial score (nSPS) is 10.4. The van der Waals surface area contributed by atoms with Gasteiger partial charge in [-0.05, 0) is 12.3 Å². The lowest BCUT2D eigenvalue weighted by atomic mass is 10.5. The van der Waals surface area contributed by atoms with Crippen molar-refractivity contribution in [3.8, 4) is 0 Å². The first-order chi connectivity index (χ1) is 8.19. The second-order valence-corrected chi connectivity index (χ2v) is 5.78. The molecule has 0 bridgehead atoms. The molecule has 0 amide bonds. The minimum Gasteiger partial charge on any atom is -0.477 e. The largest absolute Gasteiger partial charge is 0.477 e. The summed E-state index contributed by atoms with van der Waals surface area (Å²) in [6.45, 7) is 0. The lowest BCUT2D eigenvalue weighted by Gasteiger charge is -1.99. The van der Waals surface area contributed by atoms with Crippen LogP contribution in [0.15, 0.2) is 38.8 Å². The van der Waals surface area contributed by atoms with Crippen LogP contribution in [0.5, 0.6) is 0 Å². The number of thiophene rings is 1. The van der Waals surface area contributed by atoms with Crippen molar-refractivity contribution < 1.29 is 9.90 Å². The van der Waals surface area contributed by atoms with Gasteiger partial charge in [-0.3, -0.25) is 0 Å². The summed E-state index contributed by atoms with van der Waals surface area (Å²) in [7, 11) is 0. The zero-order chi connectivity index (χ0) is 12.3. The maximum atomic E-state index is 10.7. The summed E-state index contributed by atoms with van der Waals surface area (Å²) in [5, 5.41) is 12.4. The molecule has 0 radical (unpaired) electrons. The van der Waals surface area contributed by atoms with Crippen LogP contribution in [0.4, 0.5) is 0 Å². The molecule has 0 aromatic carbocycles. The number of hydrogen-bond donors (Lipinski definition) is 1. The number of carboxylic acid groups (broad SMARTS) is 1. The van der Waals surface area contributed by atoms with E-state index in [0.29, 0.717) is 4.88 Å². The van der Waals surface area contributed by atoms with Gasteiger partial charge in [0, 0.05) is 16.3 Å². The van der Waals surface area contributed by atoms with E-state index in [1.807, 2.05) is 17.7 Å². The van der Waals surface area contributed by atoms with Gasteiger partial charge >= 0.3 is 5.97 Å².